The van der Waals surface area contributed by atoms with Crippen molar-refractivity contribution in [1.29, 1.82) is 0 Å². The second-order valence-electron chi connectivity index (χ2n) is 6.51. The number of nitrogens with zero attached hydrogens (tertiary/aromatic N) is 3. The maximum absolute atomic E-state index is 11.4. The van der Waals surface area contributed by atoms with Crippen molar-refractivity contribution in [2.45, 2.75) is 72.3 Å². The maximum atomic E-state index is 11.4. The van der Waals surface area contributed by atoms with Crippen LogP contribution in [0.3, 0.4) is 0 Å². The largest absolute Gasteiger partial charge is 0.371 e. The summed E-state index contributed by atoms with van der Waals surface area (Å²) in [6.45, 7) is 10.8. The van der Waals surface area contributed by atoms with E-state index in [9.17, 15) is 4.79 Å². The Bertz CT molecular complexity index is 502. The van der Waals surface area contributed by atoms with Crippen molar-refractivity contribution in [2.75, 3.05) is 0 Å². The molecule has 22 heavy (non-hydrogen) atoms. The summed E-state index contributed by atoms with van der Waals surface area (Å²) in [5, 5.41) is 11.4. The molecule has 1 N–H and O–H groups in total. The molecule has 0 saturated carbocycles. The molecule has 0 radical (unpaired) electrons. The first-order valence-electron chi connectivity index (χ1n) is 8.24. The second kappa shape index (κ2) is 7.22. The monoisotopic (exact) mass is 308 g/mol. The average Bonchev–Trinajstić information content (AvgIpc) is 2.88. The molecule has 1 aliphatic rings. The lowest BCUT2D eigenvalue weighted by Crippen LogP contribution is -2.56. The third kappa shape index (κ3) is 3.85. The Labute approximate surface area is 132 Å². The molecule has 124 valence electrons. The Morgan fingerprint density at radius 3 is 2.73 bits per heavy atom. The second-order valence-corrected chi connectivity index (χ2v) is 6.51. The minimum Gasteiger partial charge on any atom is -0.371 e. The van der Waals surface area contributed by atoms with Gasteiger partial charge in [0.25, 0.3) is 0 Å². The average molecular weight is 308 g/mol. The van der Waals surface area contributed by atoms with E-state index in [1.54, 1.807) is 6.92 Å². The van der Waals surface area contributed by atoms with Crippen molar-refractivity contribution in [1.82, 2.24) is 20.3 Å². The van der Waals surface area contributed by atoms with E-state index in [2.05, 4.69) is 36.4 Å². The van der Waals surface area contributed by atoms with E-state index in [1.165, 1.54) is 0 Å². The highest BCUT2D eigenvalue weighted by Crippen LogP contribution is 2.31. The summed E-state index contributed by atoms with van der Waals surface area (Å²) in [4.78, 5) is 11.4. The number of aromatic nitrogens is 3. The summed E-state index contributed by atoms with van der Waals surface area (Å²) in [7, 11) is 0. The van der Waals surface area contributed by atoms with Crippen LogP contribution in [0.15, 0.2) is 6.20 Å². The summed E-state index contributed by atoms with van der Waals surface area (Å²) in [6.07, 6.45) is 4.12. The number of carbonyl (C=O) groups is 1. The van der Waals surface area contributed by atoms with Crippen LogP contribution in [0.25, 0.3) is 0 Å². The maximum Gasteiger partial charge on any atom is 0.217 e. The number of hydrogen-bond donors (Lipinski definition) is 1. The highest BCUT2D eigenvalue weighted by atomic mass is 16.5. The zero-order chi connectivity index (χ0) is 16.3. The van der Waals surface area contributed by atoms with Gasteiger partial charge >= 0.3 is 0 Å². The van der Waals surface area contributed by atoms with Crippen molar-refractivity contribution in [3.63, 3.8) is 0 Å². The third-order valence-corrected chi connectivity index (χ3v) is 4.71. The first-order valence-corrected chi connectivity index (χ1v) is 8.24. The van der Waals surface area contributed by atoms with Gasteiger partial charge in [0.2, 0.25) is 5.91 Å². The number of ether oxygens (including phenoxy) is 1. The molecule has 1 fully saturated rings. The van der Waals surface area contributed by atoms with Gasteiger partial charge in [0.15, 0.2) is 0 Å². The first-order chi connectivity index (χ1) is 10.4. The lowest BCUT2D eigenvalue weighted by Gasteiger charge is -2.44. The van der Waals surface area contributed by atoms with Gasteiger partial charge in [-0.05, 0) is 25.2 Å². The van der Waals surface area contributed by atoms with Gasteiger partial charge in [0.1, 0.15) is 0 Å². The van der Waals surface area contributed by atoms with Gasteiger partial charge < -0.3 is 10.1 Å². The van der Waals surface area contributed by atoms with Gasteiger partial charge in [-0.3, -0.25) is 4.79 Å². The summed E-state index contributed by atoms with van der Waals surface area (Å²) in [5.41, 5.74) is 1.03. The molecule has 1 aromatic heterocycles. The highest BCUT2D eigenvalue weighted by molar-refractivity contribution is 5.73. The number of carbonyl (C=O) groups excluding carboxylic acids is 1. The fourth-order valence-corrected chi connectivity index (χ4v) is 3.25. The molecule has 2 rings (SSSR count). The van der Waals surface area contributed by atoms with Crippen LogP contribution in [-0.2, 0) is 22.5 Å². The van der Waals surface area contributed by atoms with Crippen molar-refractivity contribution in [3.8, 4) is 0 Å². The van der Waals surface area contributed by atoms with E-state index >= 15 is 0 Å². The number of amides is 1. The van der Waals surface area contributed by atoms with Crippen LogP contribution in [0.2, 0.25) is 0 Å². The summed E-state index contributed by atoms with van der Waals surface area (Å²) >= 11 is 0. The SMILES string of the molecule is CCCc1cn(CC2OC(C)C(NC(C)=O)C(C)C2C)nn1. The van der Waals surface area contributed by atoms with E-state index in [-0.39, 0.29) is 24.2 Å². The van der Waals surface area contributed by atoms with E-state index in [0.717, 1.165) is 18.5 Å². The van der Waals surface area contributed by atoms with Gasteiger partial charge in [-0.1, -0.05) is 32.4 Å². The number of nitrogens with one attached hydrogen (secondary N) is 1. The Morgan fingerprint density at radius 2 is 2.09 bits per heavy atom. The standard InChI is InChI=1S/C16H28N4O2/c1-6-7-14-8-20(19-18-14)9-15-10(2)11(3)16(12(4)22-15)17-13(5)21/h8,10-12,15-16H,6-7,9H2,1-5H3,(H,17,21). The predicted octanol–water partition coefficient (Wildman–Crippen LogP) is 1.79. The molecule has 1 aromatic rings. The Morgan fingerprint density at radius 1 is 1.36 bits per heavy atom. The Hall–Kier alpha value is -1.43. The smallest absolute Gasteiger partial charge is 0.217 e. The van der Waals surface area contributed by atoms with Gasteiger partial charge in [0.05, 0.1) is 30.5 Å². The Balaban J connectivity index is 2.01. The molecule has 5 unspecified atom stereocenters. The quantitative estimate of drug-likeness (QED) is 0.900. The molecule has 0 bridgehead atoms. The number of aryl methyl sites for hydroxylation is 1. The zero-order valence-corrected chi connectivity index (χ0v) is 14.2. The Kier molecular flexibility index (Phi) is 5.56. The molecule has 6 heteroatoms. The van der Waals surface area contributed by atoms with Crippen molar-refractivity contribution in [2.24, 2.45) is 11.8 Å². The fraction of sp³-hybridized carbons (Fsp3) is 0.812. The lowest BCUT2D eigenvalue weighted by atomic mass is 9.80. The van der Waals surface area contributed by atoms with E-state index in [1.807, 2.05) is 17.8 Å². The number of rotatable bonds is 5. The normalized spacial score (nSPS) is 32.0. The van der Waals surface area contributed by atoms with Crippen LogP contribution < -0.4 is 5.32 Å². The molecular formula is C16H28N4O2. The van der Waals surface area contributed by atoms with Gasteiger partial charge in [-0.2, -0.15) is 0 Å². The van der Waals surface area contributed by atoms with Crippen molar-refractivity contribution < 1.29 is 9.53 Å². The van der Waals surface area contributed by atoms with Gasteiger partial charge in [-0.15, -0.1) is 5.10 Å². The van der Waals surface area contributed by atoms with E-state index < -0.39 is 0 Å². The predicted molar refractivity (Wildman–Crippen MR) is 84.3 cm³/mol. The molecule has 0 spiro atoms. The van der Waals surface area contributed by atoms with Crippen LogP contribution in [0.1, 0.15) is 46.7 Å². The molecule has 5 atom stereocenters. The summed E-state index contributed by atoms with van der Waals surface area (Å²) in [6, 6.07) is 0.0650. The zero-order valence-electron chi connectivity index (χ0n) is 14.2. The minimum absolute atomic E-state index is 0.00117. The fourth-order valence-electron chi connectivity index (χ4n) is 3.25. The minimum atomic E-state index is -0.00145. The molecular weight excluding hydrogens is 280 g/mol. The van der Waals surface area contributed by atoms with E-state index in [4.69, 9.17) is 4.74 Å². The topological polar surface area (TPSA) is 69.0 Å². The van der Waals surface area contributed by atoms with Crippen LogP contribution >= 0.6 is 0 Å². The molecule has 1 saturated heterocycles. The molecule has 2 heterocycles. The molecule has 1 aliphatic heterocycles. The van der Waals surface area contributed by atoms with Crippen LogP contribution in [0, 0.1) is 11.8 Å². The summed E-state index contributed by atoms with van der Waals surface area (Å²) < 4.78 is 8.03. The molecule has 0 aromatic carbocycles. The molecule has 1 amide bonds. The first kappa shape index (κ1) is 16.9. The van der Waals surface area contributed by atoms with Gasteiger partial charge in [0, 0.05) is 13.1 Å². The van der Waals surface area contributed by atoms with Crippen molar-refractivity contribution in [3.05, 3.63) is 11.9 Å². The van der Waals surface area contributed by atoms with Gasteiger partial charge in [-0.25, -0.2) is 4.68 Å². The van der Waals surface area contributed by atoms with Crippen LogP contribution in [-0.4, -0.2) is 39.2 Å². The lowest BCUT2D eigenvalue weighted by molar-refractivity contribution is -0.135. The molecule has 6 nitrogen and oxygen atoms in total. The van der Waals surface area contributed by atoms with E-state index in [0.29, 0.717) is 18.4 Å². The van der Waals surface area contributed by atoms with Crippen molar-refractivity contribution >= 4 is 5.91 Å². The molecule has 0 aliphatic carbocycles. The third-order valence-electron chi connectivity index (χ3n) is 4.71. The number of hydrogen-bond acceptors (Lipinski definition) is 4. The highest BCUT2D eigenvalue weighted by Gasteiger charge is 2.39. The van der Waals surface area contributed by atoms with Crippen LogP contribution in [0.5, 0.6) is 0 Å². The summed E-state index contributed by atoms with van der Waals surface area (Å²) in [5.74, 6) is 0.696. The van der Waals surface area contributed by atoms with Crippen LogP contribution in [0.4, 0.5) is 0 Å².